The SMILES string of the molecule is [B].[Mn].[SeH].[Zn]. The number of hydrogen-bond donors (Lipinski definition) is 0. The summed E-state index contributed by atoms with van der Waals surface area (Å²) < 4.78 is 0. The van der Waals surface area contributed by atoms with Gasteiger partial charge in [0, 0.05) is 45.0 Å². The fraction of sp³-hybridized carbons (Fsp3) is 0. The molecule has 5 radical (unpaired) electrons. The first kappa shape index (κ1) is 42.9. The molecule has 0 aliphatic carbocycles. The third-order valence-electron chi connectivity index (χ3n) is 0. The van der Waals surface area contributed by atoms with Crippen LogP contribution in [0.25, 0.3) is 0 Å². The van der Waals surface area contributed by atoms with Crippen LogP contribution in [0, 0.1) is 0 Å². The van der Waals surface area contributed by atoms with E-state index in [2.05, 4.69) is 0 Å². The van der Waals surface area contributed by atoms with Crippen LogP contribution >= 0.6 is 0 Å². The largest absolute Gasteiger partial charge is 0 e. The van der Waals surface area contributed by atoms with Crippen LogP contribution in [0.5, 0.6) is 0 Å². The Morgan fingerprint density at radius 1 is 1.00 bits per heavy atom. The molecule has 4 heteroatoms. The fourth-order valence-corrected chi connectivity index (χ4v) is 0. The van der Waals surface area contributed by atoms with Crippen LogP contribution in [-0.4, -0.2) is 25.5 Å². The molecule has 0 aliphatic heterocycles. The molecule has 0 saturated carbocycles. The maximum Gasteiger partial charge on any atom is 0 e. The Labute approximate surface area is 61.8 Å². The van der Waals surface area contributed by atoms with Gasteiger partial charge in [0.15, 0.2) is 0 Å². The summed E-state index contributed by atoms with van der Waals surface area (Å²) in [6.07, 6.45) is 0. The average molecular weight is 211 g/mol. The minimum atomic E-state index is 0. The van der Waals surface area contributed by atoms with Crippen molar-refractivity contribution in [2.24, 2.45) is 0 Å². The van der Waals surface area contributed by atoms with Crippen LogP contribution in [0.3, 0.4) is 0 Å². The van der Waals surface area contributed by atoms with Gasteiger partial charge in [-0.3, -0.25) is 0 Å². The minimum Gasteiger partial charge on any atom is 0 e. The molecule has 0 spiro atoms. The van der Waals surface area contributed by atoms with Gasteiger partial charge in [-0.05, 0) is 0 Å². The first-order valence-corrected chi connectivity index (χ1v) is 0. The Morgan fingerprint density at radius 2 is 1.00 bits per heavy atom. The van der Waals surface area contributed by atoms with Crippen molar-refractivity contribution in [3.63, 3.8) is 0 Å². The van der Waals surface area contributed by atoms with Crippen LogP contribution in [0.1, 0.15) is 0 Å². The smallest absolute Gasteiger partial charge is 0 e. The summed E-state index contributed by atoms with van der Waals surface area (Å²) in [6.45, 7) is 0. The van der Waals surface area contributed by atoms with Crippen LogP contribution < -0.4 is 0 Å². The van der Waals surface area contributed by atoms with Crippen molar-refractivity contribution in [2.45, 2.75) is 0 Å². The van der Waals surface area contributed by atoms with E-state index in [9.17, 15) is 0 Å². The molecule has 0 aliphatic rings. The Kier molecular flexibility index (Phi) is 236. The van der Waals surface area contributed by atoms with Crippen molar-refractivity contribution in [1.29, 1.82) is 0 Å². The second-order valence-electron chi connectivity index (χ2n) is 0. The molecule has 0 N–H and O–H groups in total. The molecular formula is HBMnSeZn. The summed E-state index contributed by atoms with van der Waals surface area (Å²) in [5.74, 6) is 0. The molecule has 0 aromatic heterocycles. The van der Waals surface area contributed by atoms with Crippen LogP contribution in [0.4, 0.5) is 0 Å². The van der Waals surface area contributed by atoms with Crippen LogP contribution in [0.2, 0.25) is 0 Å². The topological polar surface area (TPSA) is 0 Å². The molecule has 0 aromatic carbocycles. The standard InChI is InChI=1S/B.Mn.HSe.Zn/h;;1H;. The Hall–Kier alpha value is 1.73. The summed E-state index contributed by atoms with van der Waals surface area (Å²) >= 11 is 0. The van der Waals surface area contributed by atoms with Gasteiger partial charge in [0.25, 0.3) is 0 Å². The molecule has 0 saturated heterocycles. The van der Waals surface area contributed by atoms with E-state index in [4.69, 9.17) is 0 Å². The normalized spacial score (nSPS) is 0. The predicted molar refractivity (Wildman–Crippen MR) is 12.9 cm³/mol. The van der Waals surface area contributed by atoms with Crippen molar-refractivity contribution >= 4 is 25.5 Å². The van der Waals surface area contributed by atoms with Crippen molar-refractivity contribution in [1.82, 2.24) is 0 Å². The van der Waals surface area contributed by atoms with Gasteiger partial charge in [0.05, 0.1) is 0 Å². The van der Waals surface area contributed by atoms with E-state index in [0.717, 1.165) is 0 Å². The van der Waals surface area contributed by atoms with Crippen LogP contribution in [-0.2, 0) is 36.5 Å². The Bertz CT molecular complexity index is 8.00. The van der Waals surface area contributed by atoms with Crippen molar-refractivity contribution < 1.29 is 36.5 Å². The summed E-state index contributed by atoms with van der Waals surface area (Å²) in [7, 11) is 0. The third kappa shape index (κ3) is 9.29. The van der Waals surface area contributed by atoms with Gasteiger partial charge in [-0.2, -0.15) is 0 Å². The first-order valence-electron chi connectivity index (χ1n) is 0. The maximum atomic E-state index is 0. The quantitative estimate of drug-likeness (QED) is 0.449. The van der Waals surface area contributed by atoms with Crippen LogP contribution in [0.15, 0.2) is 0 Å². The molecule has 0 fully saturated rings. The minimum absolute atomic E-state index is 0. The van der Waals surface area contributed by atoms with E-state index >= 15 is 0 Å². The molecule has 0 unspecified atom stereocenters. The summed E-state index contributed by atoms with van der Waals surface area (Å²) in [5, 5.41) is 0. The van der Waals surface area contributed by atoms with Gasteiger partial charge < -0.3 is 0 Å². The van der Waals surface area contributed by atoms with E-state index in [1.807, 2.05) is 0 Å². The molecule has 0 atom stereocenters. The number of rotatable bonds is 0. The molecule has 4 heavy (non-hydrogen) atoms. The predicted octanol–water partition coefficient (Wildman–Crippen LogP) is -1.03. The van der Waals surface area contributed by atoms with Crippen molar-refractivity contribution in [3.8, 4) is 0 Å². The number of hydrogen-bond acceptors (Lipinski definition) is 0. The summed E-state index contributed by atoms with van der Waals surface area (Å²) in [4.78, 5) is 0. The zero-order chi connectivity index (χ0) is 0. The molecular weight excluding hydrogens is 210 g/mol. The van der Waals surface area contributed by atoms with E-state index in [-0.39, 0.29) is 62.0 Å². The van der Waals surface area contributed by atoms with Gasteiger partial charge >= 0.3 is 17.1 Å². The van der Waals surface area contributed by atoms with Gasteiger partial charge in [0.2, 0.25) is 0 Å². The van der Waals surface area contributed by atoms with Gasteiger partial charge in [-0.15, -0.1) is 0 Å². The second kappa shape index (κ2) is 22.0. The van der Waals surface area contributed by atoms with Crippen molar-refractivity contribution in [3.05, 3.63) is 0 Å². The Morgan fingerprint density at radius 3 is 1.00 bits per heavy atom. The average Bonchev–Trinajstić information content (AvgIpc) is 0. The van der Waals surface area contributed by atoms with Gasteiger partial charge in [-0.25, -0.2) is 0 Å². The van der Waals surface area contributed by atoms with E-state index in [1.165, 1.54) is 0 Å². The fourth-order valence-electron chi connectivity index (χ4n) is 0. The molecule has 0 rings (SSSR count). The van der Waals surface area contributed by atoms with Gasteiger partial charge in [0.1, 0.15) is 0 Å². The third-order valence-corrected chi connectivity index (χ3v) is 0. The zero-order valence-corrected chi connectivity index (χ0v) is 8.13. The van der Waals surface area contributed by atoms with E-state index < -0.39 is 0 Å². The molecule has 0 heterocycles. The monoisotopic (exact) mass is 211 g/mol. The maximum absolute atomic E-state index is 0. The zero-order valence-electron chi connectivity index (χ0n) is 2.11. The Balaban J connectivity index is 0. The summed E-state index contributed by atoms with van der Waals surface area (Å²) in [6, 6.07) is 0. The van der Waals surface area contributed by atoms with E-state index in [1.54, 1.807) is 0 Å². The first-order chi connectivity index (χ1) is 0. The molecule has 0 bridgehead atoms. The van der Waals surface area contributed by atoms with Crippen molar-refractivity contribution in [2.75, 3.05) is 0 Å². The van der Waals surface area contributed by atoms with Gasteiger partial charge in [-0.1, -0.05) is 0 Å². The molecule has 19 valence electrons. The van der Waals surface area contributed by atoms with E-state index in [0.29, 0.717) is 0 Å². The summed E-state index contributed by atoms with van der Waals surface area (Å²) in [5.41, 5.74) is 0. The molecule has 0 amide bonds. The molecule has 0 nitrogen and oxygen atoms in total. The molecule has 0 aromatic rings. The second-order valence-corrected chi connectivity index (χ2v) is 0.